The van der Waals surface area contributed by atoms with Crippen molar-refractivity contribution >= 4 is 5.78 Å². The van der Waals surface area contributed by atoms with Gasteiger partial charge in [0.25, 0.3) is 0 Å². The molecule has 2 aliphatic heterocycles. The third kappa shape index (κ3) is 3.05. The topological polar surface area (TPSA) is 146 Å². The Morgan fingerprint density at radius 3 is 2.64 bits per heavy atom. The Labute approximate surface area is 143 Å². The molecule has 1 fully saturated rings. The van der Waals surface area contributed by atoms with Gasteiger partial charge in [-0.3, -0.25) is 4.79 Å². The Balaban J connectivity index is 1.90. The lowest BCUT2D eigenvalue weighted by atomic mass is 9.98. The van der Waals surface area contributed by atoms with Crippen LogP contribution < -0.4 is 9.47 Å². The fourth-order valence-electron chi connectivity index (χ4n) is 2.89. The number of aliphatic hydroxyl groups is 4. The number of benzene rings is 1. The van der Waals surface area contributed by atoms with Crippen molar-refractivity contribution < 1.29 is 44.5 Å². The summed E-state index contributed by atoms with van der Waals surface area (Å²) in [7, 11) is 0. The molecular weight excluding hydrogens is 336 g/mol. The summed E-state index contributed by atoms with van der Waals surface area (Å²) in [5, 5.41) is 49.1. The van der Waals surface area contributed by atoms with Gasteiger partial charge in [0.05, 0.1) is 13.2 Å². The van der Waals surface area contributed by atoms with E-state index < -0.39 is 37.3 Å². The van der Waals surface area contributed by atoms with Crippen LogP contribution in [0.4, 0.5) is 0 Å². The van der Waals surface area contributed by atoms with Crippen LogP contribution in [0.1, 0.15) is 22.3 Å². The largest absolute Gasteiger partial charge is 0.507 e. The van der Waals surface area contributed by atoms with Gasteiger partial charge in [0.15, 0.2) is 5.78 Å². The predicted molar refractivity (Wildman–Crippen MR) is 81.7 cm³/mol. The van der Waals surface area contributed by atoms with Gasteiger partial charge >= 0.3 is 0 Å². The van der Waals surface area contributed by atoms with Gasteiger partial charge in [-0.1, -0.05) is 0 Å². The van der Waals surface area contributed by atoms with Gasteiger partial charge in [-0.05, 0) is 6.92 Å². The number of ketones is 1. The summed E-state index contributed by atoms with van der Waals surface area (Å²) in [4.78, 5) is 11.9. The van der Waals surface area contributed by atoms with E-state index in [-0.39, 0.29) is 47.2 Å². The Kier molecular flexibility index (Phi) is 4.85. The molecule has 1 aromatic carbocycles. The highest BCUT2D eigenvalue weighted by Gasteiger charge is 2.45. The molecule has 0 bridgehead atoms. The fourth-order valence-corrected chi connectivity index (χ4v) is 2.89. The van der Waals surface area contributed by atoms with Crippen LogP contribution in [-0.4, -0.2) is 75.2 Å². The molecule has 0 saturated carbocycles. The molecule has 2 aliphatic rings. The maximum Gasteiger partial charge on any atom is 0.229 e. The number of carbonyl (C=O) groups excluding carboxylic acids is 1. The van der Waals surface area contributed by atoms with Crippen LogP contribution in [0.15, 0.2) is 6.07 Å². The molecule has 0 aromatic heterocycles. The monoisotopic (exact) mass is 356 g/mol. The number of Topliss-reactive ketones (excluding diaryl/α,β-unsaturated/α-hetero) is 1. The van der Waals surface area contributed by atoms with E-state index in [2.05, 4.69) is 0 Å². The Morgan fingerprint density at radius 2 is 1.96 bits per heavy atom. The summed E-state index contributed by atoms with van der Waals surface area (Å²) >= 11 is 0. The minimum absolute atomic E-state index is 0.0740. The second-order valence-corrected chi connectivity index (χ2v) is 6.06. The molecule has 9 heteroatoms. The molecule has 0 amide bonds. The first kappa shape index (κ1) is 17.9. The van der Waals surface area contributed by atoms with E-state index in [0.29, 0.717) is 0 Å². The molecule has 138 valence electrons. The van der Waals surface area contributed by atoms with E-state index in [9.17, 15) is 30.3 Å². The second-order valence-electron chi connectivity index (χ2n) is 6.06. The van der Waals surface area contributed by atoms with E-state index >= 15 is 0 Å². The Bertz CT molecular complexity index is 672. The number of hydrogen-bond donors (Lipinski definition) is 5. The number of rotatable bonds is 3. The number of phenolic OH excluding ortho intramolecular Hbond substituents is 1. The van der Waals surface area contributed by atoms with Crippen LogP contribution in [0.2, 0.25) is 0 Å². The fraction of sp³-hybridized carbons (Fsp3) is 0.562. The Morgan fingerprint density at radius 1 is 1.24 bits per heavy atom. The number of hydrogen-bond acceptors (Lipinski definition) is 9. The van der Waals surface area contributed by atoms with Crippen LogP contribution in [0.5, 0.6) is 17.2 Å². The van der Waals surface area contributed by atoms with E-state index in [0.717, 1.165) is 0 Å². The van der Waals surface area contributed by atoms with Crippen molar-refractivity contribution in [1.82, 2.24) is 0 Å². The smallest absolute Gasteiger partial charge is 0.229 e. The van der Waals surface area contributed by atoms with Gasteiger partial charge in [0.1, 0.15) is 47.2 Å². The first-order valence-electron chi connectivity index (χ1n) is 7.85. The molecule has 5 atom stereocenters. The van der Waals surface area contributed by atoms with E-state index in [1.165, 1.54) is 13.0 Å². The molecular formula is C16H20O9. The summed E-state index contributed by atoms with van der Waals surface area (Å²) in [6.45, 7) is 1.10. The molecule has 1 saturated heterocycles. The predicted octanol–water partition coefficient (Wildman–Crippen LogP) is -1.16. The SMILES string of the molecule is Cc1c(O[C@@H]2O[C@H](CO)[C@@H](O)[C@H](O)[C@H]2O)cc2c(c1O)C(=O)CCO2. The van der Waals surface area contributed by atoms with Crippen LogP contribution in [0, 0.1) is 6.92 Å². The highest BCUT2D eigenvalue weighted by molar-refractivity contribution is 6.02. The molecule has 1 aromatic rings. The van der Waals surface area contributed by atoms with Crippen LogP contribution in [0.25, 0.3) is 0 Å². The maximum absolute atomic E-state index is 11.9. The molecule has 0 radical (unpaired) electrons. The number of ether oxygens (including phenoxy) is 3. The lowest BCUT2D eigenvalue weighted by Crippen LogP contribution is -2.60. The molecule has 25 heavy (non-hydrogen) atoms. The minimum atomic E-state index is -1.59. The van der Waals surface area contributed by atoms with Crippen LogP contribution in [0.3, 0.4) is 0 Å². The third-order valence-corrected chi connectivity index (χ3v) is 4.43. The van der Waals surface area contributed by atoms with Crippen molar-refractivity contribution in [3.05, 3.63) is 17.2 Å². The van der Waals surface area contributed by atoms with Crippen LogP contribution in [-0.2, 0) is 4.74 Å². The molecule has 3 rings (SSSR count). The average molecular weight is 356 g/mol. The highest BCUT2D eigenvalue weighted by atomic mass is 16.7. The van der Waals surface area contributed by atoms with Crippen molar-refractivity contribution in [3.8, 4) is 17.2 Å². The van der Waals surface area contributed by atoms with Crippen LogP contribution >= 0.6 is 0 Å². The maximum atomic E-state index is 11.9. The van der Waals surface area contributed by atoms with Crippen molar-refractivity contribution in [2.75, 3.05) is 13.2 Å². The van der Waals surface area contributed by atoms with Gasteiger partial charge in [-0.15, -0.1) is 0 Å². The van der Waals surface area contributed by atoms with E-state index in [1.807, 2.05) is 0 Å². The quantitative estimate of drug-likeness (QED) is 0.453. The Hall–Kier alpha value is -1.91. The first-order chi connectivity index (χ1) is 11.8. The normalized spacial score (nSPS) is 32.0. The van der Waals surface area contributed by atoms with Crippen molar-refractivity contribution in [1.29, 1.82) is 0 Å². The zero-order valence-electron chi connectivity index (χ0n) is 13.5. The zero-order chi connectivity index (χ0) is 18.3. The lowest BCUT2D eigenvalue weighted by Gasteiger charge is -2.39. The van der Waals surface area contributed by atoms with Gasteiger partial charge < -0.3 is 39.7 Å². The average Bonchev–Trinajstić information content (AvgIpc) is 2.59. The number of aromatic hydroxyl groups is 1. The third-order valence-electron chi connectivity index (χ3n) is 4.43. The highest BCUT2D eigenvalue weighted by Crippen LogP contribution is 2.41. The molecule has 0 aliphatic carbocycles. The standard InChI is InChI=1S/C16H20O9/c1-6-8(4-9-11(12(6)19)7(18)2-3-23-9)24-16-15(22)14(21)13(20)10(5-17)25-16/h4,10,13-17,19-22H,2-3,5H2,1H3/t10-,13-,14+,15-,16-/m1/s1. The zero-order valence-corrected chi connectivity index (χ0v) is 13.5. The molecule has 0 unspecified atom stereocenters. The van der Waals surface area contributed by atoms with Gasteiger partial charge in [0.2, 0.25) is 6.29 Å². The number of carbonyl (C=O) groups is 1. The summed E-state index contributed by atoms with van der Waals surface area (Å²) in [5.74, 6) is -0.308. The first-order valence-corrected chi connectivity index (χ1v) is 7.85. The lowest BCUT2D eigenvalue weighted by molar-refractivity contribution is -0.277. The van der Waals surface area contributed by atoms with Gasteiger partial charge in [0, 0.05) is 18.1 Å². The van der Waals surface area contributed by atoms with Gasteiger partial charge in [-0.2, -0.15) is 0 Å². The molecule has 9 nitrogen and oxygen atoms in total. The van der Waals surface area contributed by atoms with Crippen molar-refractivity contribution in [2.24, 2.45) is 0 Å². The summed E-state index contributed by atoms with van der Waals surface area (Å²) < 4.78 is 16.2. The van der Waals surface area contributed by atoms with Crippen molar-refractivity contribution in [2.45, 2.75) is 44.1 Å². The van der Waals surface area contributed by atoms with Gasteiger partial charge in [-0.25, -0.2) is 0 Å². The number of aliphatic hydroxyl groups excluding tert-OH is 4. The minimum Gasteiger partial charge on any atom is -0.507 e. The van der Waals surface area contributed by atoms with E-state index in [1.54, 1.807) is 0 Å². The van der Waals surface area contributed by atoms with Crippen molar-refractivity contribution in [3.63, 3.8) is 0 Å². The molecule has 0 spiro atoms. The summed E-state index contributed by atoms with van der Waals surface area (Å²) in [6, 6.07) is 1.39. The summed E-state index contributed by atoms with van der Waals surface area (Å²) in [5.41, 5.74) is 0.305. The summed E-state index contributed by atoms with van der Waals surface area (Å²) in [6.07, 6.45) is -7.02. The molecule has 2 heterocycles. The van der Waals surface area contributed by atoms with E-state index in [4.69, 9.17) is 14.2 Å². The number of phenols is 1. The number of fused-ring (bicyclic) bond motifs is 1. The second kappa shape index (κ2) is 6.77. The molecule has 5 N–H and O–H groups in total.